The number of halogens is 2. The van der Waals surface area contributed by atoms with Gasteiger partial charge in [0.2, 0.25) is 0 Å². The minimum Gasteiger partial charge on any atom is -0.491 e. The van der Waals surface area contributed by atoms with E-state index in [4.69, 9.17) is 4.74 Å². The van der Waals surface area contributed by atoms with Gasteiger partial charge >= 0.3 is 0 Å². The molecule has 2 aromatic rings. The zero-order valence-corrected chi connectivity index (χ0v) is 20.1. The van der Waals surface area contributed by atoms with E-state index in [0.717, 1.165) is 44.0 Å². The standard InChI is InChI=1S/C21H29FN4OS.HI/c1-3-23-21(24-15-16-7-8-19(27-4-2)18(22)14-16)25-17-9-11-26(12-10-17)20-6-5-13-28-20;/h5-8,13-14,17H,3-4,9-12,15H2,1-2H3,(H2,23,24,25);1H. The molecule has 0 atom stereocenters. The molecule has 1 aliphatic rings. The molecule has 0 unspecified atom stereocenters. The normalized spacial score (nSPS) is 15.0. The predicted molar refractivity (Wildman–Crippen MR) is 130 cm³/mol. The SMILES string of the molecule is CCNC(=NCc1ccc(OCC)c(F)c1)NC1CCN(c2cccs2)CC1.I. The molecule has 29 heavy (non-hydrogen) atoms. The summed E-state index contributed by atoms with van der Waals surface area (Å²) in [5.74, 6) is 0.734. The quantitative estimate of drug-likeness (QED) is 0.310. The molecule has 1 saturated heterocycles. The Kier molecular flexibility index (Phi) is 9.99. The Morgan fingerprint density at radius 1 is 1.28 bits per heavy atom. The van der Waals surface area contributed by atoms with Crippen molar-refractivity contribution >= 4 is 46.3 Å². The molecule has 0 saturated carbocycles. The van der Waals surface area contributed by atoms with Gasteiger partial charge in [0.05, 0.1) is 18.2 Å². The summed E-state index contributed by atoms with van der Waals surface area (Å²) < 4.78 is 19.3. The number of rotatable bonds is 7. The van der Waals surface area contributed by atoms with E-state index >= 15 is 0 Å². The van der Waals surface area contributed by atoms with Crippen LogP contribution in [0, 0.1) is 5.82 Å². The number of piperidine rings is 1. The van der Waals surface area contributed by atoms with E-state index in [-0.39, 0.29) is 35.5 Å². The molecule has 0 aliphatic carbocycles. The fourth-order valence-electron chi connectivity index (χ4n) is 3.29. The van der Waals surface area contributed by atoms with Gasteiger partial charge in [0.15, 0.2) is 17.5 Å². The Hall–Kier alpha value is -1.55. The van der Waals surface area contributed by atoms with Crippen LogP contribution in [0.2, 0.25) is 0 Å². The fraction of sp³-hybridized carbons (Fsp3) is 0.476. The van der Waals surface area contributed by atoms with Gasteiger partial charge in [-0.05, 0) is 61.9 Å². The molecule has 1 aromatic heterocycles. The molecule has 5 nitrogen and oxygen atoms in total. The number of ether oxygens (including phenoxy) is 1. The van der Waals surface area contributed by atoms with Gasteiger partial charge in [-0.1, -0.05) is 6.07 Å². The molecule has 1 fully saturated rings. The van der Waals surface area contributed by atoms with Crippen LogP contribution < -0.4 is 20.3 Å². The molecule has 2 heterocycles. The zero-order chi connectivity index (χ0) is 19.8. The van der Waals surface area contributed by atoms with Crippen LogP contribution in [0.1, 0.15) is 32.3 Å². The van der Waals surface area contributed by atoms with Gasteiger partial charge in [-0.2, -0.15) is 0 Å². The molecule has 1 aromatic carbocycles. The Balaban J connectivity index is 0.00000300. The monoisotopic (exact) mass is 532 g/mol. The lowest BCUT2D eigenvalue weighted by molar-refractivity contribution is 0.321. The molecule has 160 valence electrons. The van der Waals surface area contributed by atoms with Gasteiger partial charge in [-0.3, -0.25) is 0 Å². The molecule has 0 bridgehead atoms. The van der Waals surface area contributed by atoms with E-state index in [1.54, 1.807) is 17.4 Å². The highest BCUT2D eigenvalue weighted by atomic mass is 127. The molecule has 0 radical (unpaired) electrons. The predicted octanol–water partition coefficient (Wildman–Crippen LogP) is 4.63. The first-order valence-corrected chi connectivity index (χ1v) is 10.8. The van der Waals surface area contributed by atoms with Crippen LogP contribution >= 0.6 is 35.3 Å². The van der Waals surface area contributed by atoms with Crippen molar-refractivity contribution in [1.29, 1.82) is 0 Å². The smallest absolute Gasteiger partial charge is 0.191 e. The fourth-order valence-corrected chi connectivity index (χ4v) is 4.08. The van der Waals surface area contributed by atoms with Crippen molar-refractivity contribution in [2.45, 2.75) is 39.3 Å². The summed E-state index contributed by atoms with van der Waals surface area (Å²) in [5, 5.41) is 10.3. The van der Waals surface area contributed by atoms with Crippen LogP contribution in [0.25, 0.3) is 0 Å². The maximum Gasteiger partial charge on any atom is 0.191 e. The highest BCUT2D eigenvalue weighted by Gasteiger charge is 2.20. The number of benzene rings is 1. The van der Waals surface area contributed by atoms with Crippen LogP contribution in [0.5, 0.6) is 5.75 Å². The second-order valence-corrected chi connectivity index (χ2v) is 7.68. The lowest BCUT2D eigenvalue weighted by Gasteiger charge is -2.33. The van der Waals surface area contributed by atoms with Crippen molar-refractivity contribution in [2.75, 3.05) is 31.1 Å². The summed E-state index contributed by atoms with van der Waals surface area (Å²) in [6.07, 6.45) is 2.14. The molecule has 1 aliphatic heterocycles. The third kappa shape index (κ3) is 7.02. The third-order valence-electron chi connectivity index (χ3n) is 4.71. The van der Waals surface area contributed by atoms with Gasteiger partial charge in [-0.15, -0.1) is 35.3 Å². The van der Waals surface area contributed by atoms with Crippen LogP contribution in [0.4, 0.5) is 9.39 Å². The van der Waals surface area contributed by atoms with E-state index in [1.165, 1.54) is 11.1 Å². The summed E-state index contributed by atoms with van der Waals surface area (Å²) in [5.41, 5.74) is 0.825. The van der Waals surface area contributed by atoms with Crippen molar-refractivity contribution in [3.63, 3.8) is 0 Å². The van der Waals surface area contributed by atoms with Crippen molar-refractivity contribution in [1.82, 2.24) is 10.6 Å². The lowest BCUT2D eigenvalue weighted by Crippen LogP contribution is -2.48. The Morgan fingerprint density at radius 2 is 2.07 bits per heavy atom. The average Bonchev–Trinajstić information content (AvgIpc) is 3.24. The molecular formula is C21H30FIN4OS. The maximum atomic E-state index is 14.0. The number of nitrogens with zero attached hydrogens (tertiary/aromatic N) is 2. The summed E-state index contributed by atoms with van der Waals surface area (Å²) >= 11 is 1.79. The number of hydrogen-bond acceptors (Lipinski definition) is 4. The minimum absolute atomic E-state index is 0. The minimum atomic E-state index is -0.339. The summed E-state index contributed by atoms with van der Waals surface area (Å²) in [4.78, 5) is 7.08. The highest BCUT2D eigenvalue weighted by molar-refractivity contribution is 14.0. The van der Waals surface area contributed by atoms with E-state index in [9.17, 15) is 4.39 Å². The van der Waals surface area contributed by atoms with E-state index in [2.05, 4.69) is 38.0 Å². The number of nitrogens with one attached hydrogen (secondary N) is 2. The summed E-state index contributed by atoms with van der Waals surface area (Å²) in [6, 6.07) is 9.71. The van der Waals surface area contributed by atoms with Gasteiger partial charge in [0.25, 0.3) is 0 Å². The maximum absolute atomic E-state index is 14.0. The van der Waals surface area contributed by atoms with Crippen molar-refractivity contribution in [2.24, 2.45) is 4.99 Å². The second-order valence-electron chi connectivity index (χ2n) is 6.75. The third-order valence-corrected chi connectivity index (χ3v) is 5.64. The van der Waals surface area contributed by atoms with Crippen LogP contribution in [-0.2, 0) is 6.54 Å². The molecular weight excluding hydrogens is 502 g/mol. The van der Waals surface area contributed by atoms with Gasteiger partial charge in [-0.25, -0.2) is 9.38 Å². The first kappa shape index (κ1) is 23.7. The van der Waals surface area contributed by atoms with Crippen LogP contribution in [0.15, 0.2) is 40.7 Å². The topological polar surface area (TPSA) is 48.9 Å². The van der Waals surface area contributed by atoms with Gasteiger partial charge < -0.3 is 20.3 Å². The zero-order valence-electron chi connectivity index (χ0n) is 17.0. The Bertz CT molecular complexity index is 764. The summed E-state index contributed by atoms with van der Waals surface area (Å²) in [7, 11) is 0. The molecule has 3 rings (SSSR count). The van der Waals surface area contributed by atoms with Crippen LogP contribution in [-0.4, -0.2) is 38.2 Å². The van der Waals surface area contributed by atoms with E-state index in [1.807, 2.05) is 19.9 Å². The lowest BCUT2D eigenvalue weighted by atomic mass is 10.1. The van der Waals surface area contributed by atoms with Crippen molar-refractivity contribution in [3.05, 3.63) is 47.1 Å². The van der Waals surface area contributed by atoms with Crippen LogP contribution in [0.3, 0.4) is 0 Å². The van der Waals surface area contributed by atoms with Crippen molar-refractivity contribution in [3.8, 4) is 5.75 Å². The molecule has 2 N–H and O–H groups in total. The van der Waals surface area contributed by atoms with Crippen molar-refractivity contribution < 1.29 is 9.13 Å². The largest absolute Gasteiger partial charge is 0.491 e. The number of aliphatic imine (C=N–C) groups is 1. The first-order valence-electron chi connectivity index (χ1n) is 9.94. The summed E-state index contributed by atoms with van der Waals surface area (Å²) in [6.45, 7) is 7.64. The van der Waals surface area contributed by atoms with E-state index < -0.39 is 0 Å². The number of hydrogen-bond donors (Lipinski definition) is 2. The Labute approximate surface area is 193 Å². The highest BCUT2D eigenvalue weighted by Crippen LogP contribution is 2.24. The first-order chi connectivity index (χ1) is 13.7. The van der Waals surface area contributed by atoms with Gasteiger partial charge in [0.1, 0.15) is 0 Å². The van der Waals surface area contributed by atoms with E-state index in [0.29, 0.717) is 19.2 Å². The number of guanidine groups is 1. The second kappa shape index (κ2) is 12.2. The van der Waals surface area contributed by atoms with Gasteiger partial charge in [0, 0.05) is 25.7 Å². The molecule has 8 heteroatoms. The molecule has 0 amide bonds. The number of thiophene rings is 1. The molecule has 0 spiro atoms. The Morgan fingerprint density at radius 3 is 2.69 bits per heavy atom. The number of anilines is 1. The average molecular weight is 532 g/mol.